The van der Waals surface area contributed by atoms with Crippen LogP contribution in [0, 0.1) is 47.3 Å². The first-order valence-corrected chi connectivity index (χ1v) is 15.1. The average Bonchev–Trinajstić information content (AvgIpc) is 3.47. The quantitative estimate of drug-likeness (QED) is 0.215. The molecule has 0 aromatic heterocycles. The van der Waals surface area contributed by atoms with Crippen molar-refractivity contribution in [1.82, 2.24) is 10.6 Å². The molecule has 0 heterocycles. The predicted octanol–water partition coefficient (Wildman–Crippen LogP) is 1.24. The van der Waals surface area contributed by atoms with Crippen LogP contribution in [0.15, 0.2) is 60.7 Å². The summed E-state index contributed by atoms with van der Waals surface area (Å²) in [4.78, 5) is 50.4. The van der Waals surface area contributed by atoms with E-state index in [0.717, 1.165) is 17.5 Å². The minimum Gasteiger partial charge on any atom is -0.480 e. The maximum Gasteiger partial charge on any atom is 0.326 e. The van der Waals surface area contributed by atoms with Crippen LogP contribution >= 0.6 is 0 Å². The number of aliphatic carboxylic acids is 2. The Balaban J connectivity index is 1.06. The normalized spacial score (nSPS) is 38.4. The lowest BCUT2D eigenvalue weighted by atomic mass is 9.50. The van der Waals surface area contributed by atoms with E-state index >= 15 is 0 Å². The Hall–Kier alpha value is -3.76. The number of carbonyl (C=O) groups is 4. The third-order valence-corrected chi connectivity index (χ3v) is 11.5. The molecule has 0 aliphatic heterocycles. The number of carbonyl (C=O) groups excluding carboxylic acids is 2. The topological polar surface area (TPSA) is 173 Å². The lowest BCUT2D eigenvalue weighted by molar-refractivity contribution is -0.219. The molecule has 0 radical (unpaired) electrons. The molecule has 6 N–H and O–H groups in total. The first kappa shape index (κ1) is 28.0. The Morgan fingerprint density at radius 1 is 0.651 bits per heavy atom. The van der Waals surface area contributed by atoms with Crippen molar-refractivity contribution >= 4 is 23.8 Å². The maximum atomic E-state index is 13.3. The summed E-state index contributed by atoms with van der Waals surface area (Å²) in [7, 11) is 0. The first-order valence-electron chi connectivity index (χ1n) is 15.1. The van der Waals surface area contributed by atoms with Crippen LogP contribution in [0.25, 0.3) is 0 Å². The second-order valence-corrected chi connectivity index (χ2v) is 13.5. The number of hydrogen-bond donors (Lipinski definition) is 6. The summed E-state index contributed by atoms with van der Waals surface area (Å²) < 4.78 is 0. The molecule has 7 rings (SSSR count). The van der Waals surface area contributed by atoms with Crippen LogP contribution in [0.3, 0.4) is 0 Å². The van der Waals surface area contributed by atoms with Gasteiger partial charge in [-0.25, -0.2) is 9.59 Å². The minimum absolute atomic E-state index is 0.115. The van der Waals surface area contributed by atoms with Gasteiger partial charge < -0.3 is 31.1 Å². The van der Waals surface area contributed by atoms with Crippen molar-refractivity contribution in [2.75, 3.05) is 0 Å². The molecule has 2 aromatic rings. The van der Waals surface area contributed by atoms with Gasteiger partial charge in [0, 0.05) is 12.8 Å². The van der Waals surface area contributed by atoms with Crippen LogP contribution in [0.1, 0.15) is 30.4 Å². The molecule has 5 saturated carbocycles. The lowest BCUT2D eigenvalue weighted by Crippen LogP contribution is -2.66. The molecule has 10 nitrogen and oxygen atoms in total. The molecule has 2 amide bonds. The van der Waals surface area contributed by atoms with Crippen LogP contribution in [0.5, 0.6) is 0 Å². The Kier molecular flexibility index (Phi) is 6.45. The van der Waals surface area contributed by atoms with Crippen molar-refractivity contribution in [2.24, 2.45) is 47.3 Å². The summed E-state index contributed by atoms with van der Waals surface area (Å²) in [6.07, 6.45) is 0.569. The fraction of sp³-hybridized carbons (Fsp3) is 0.515. The summed E-state index contributed by atoms with van der Waals surface area (Å²) >= 11 is 0. The van der Waals surface area contributed by atoms with Gasteiger partial charge in [0.05, 0.1) is 24.0 Å². The molecule has 5 aliphatic carbocycles. The van der Waals surface area contributed by atoms with Gasteiger partial charge in [-0.3, -0.25) is 9.59 Å². The molecular weight excluding hydrogens is 552 g/mol. The van der Waals surface area contributed by atoms with Gasteiger partial charge >= 0.3 is 11.9 Å². The molecule has 0 saturated heterocycles. The van der Waals surface area contributed by atoms with Gasteiger partial charge in [0.25, 0.3) is 0 Å². The van der Waals surface area contributed by atoms with E-state index in [1.807, 2.05) is 12.1 Å². The van der Waals surface area contributed by atoms with Crippen molar-refractivity contribution in [3.05, 3.63) is 71.8 Å². The number of hydrogen-bond acceptors (Lipinski definition) is 6. The van der Waals surface area contributed by atoms with E-state index in [9.17, 15) is 39.6 Å². The number of amides is 2. The number of fused-ring (bicyclic) bond motifs is 2. The van der Waals surface area contributed by atoms with E-state index in [1.54, 1.807) is 48.5 Å². The third kappa shape index (κ3) is 4.13. The Morgan fingerprint density at radius 2 is 1.02 bits per heavy atom. The fourth-order valence-electron chi connectivity index (χ4n) is 10.5. The number of carboxylic acids is 2. The van der Waals surface area contributed by atoms with Crippen molar-refractivity contribution in [3.8, 4) is 0 Å². The van der Waals surface area contributed by atoms with Crippen molar-refractivity contribution in [1.29, 1.82) is 0 Å². The molecule has 10 unspecified atom stereocenters. The van der Waals surface area contributed by atoms with Crippen LogP contribution < -0.4 is 10.6 Å². The Morgan fingerprint density at radius 3 is 1.37 bits per heavy atom. The minimum atomic E-state index is -1.38. The molecule has 10 heteroatoms. The largest absolute Gasteiger partial charge is 0.480 e. The van der Waals surface area contributed by atoms with E-state index in [1.165, 1.54) is 0 Å². The monoisotopic (exact) mass is 588 g/mol. The maximum absolute atomic E-state index is 13.3. The highest BCUT2D eigenvalue weighted by atomic mass is 16.4. The number of nitrogens with one attached hydrogen (secondary N) is 2. The van der Waals surface area contributed by atoms with Crippen LogP contribution in [0.2, 0.25) is 0 Å². The van der Waals surface area contributed by atoms with Gasteiger partial charge in [-0.1, -0.05) is 60.7 Å². The van der Waals surface area contributed by atoms with Crippen molar-refractivity contribution in [3.63, 3.8) is 0 Å². The second kappa shape index (κ2) is 9.89. The number of carboxylic acid groups (broad SMARTS) is 2. The molecule has 0 spiro atoms. The van der Waals surface area contributed by atoms with Gasteiger partial charge in [0.2, 0.25) is 11.8 Å². The van der Waals surface area contributed by atoms with E-state index < -0.39 is 47.0 Å². The zero-order chi connectivity index (χ0) is 30.3. The van der Waals surface area contributed by atoms with Crippen molar-refractivity contribution < 1.29 is 39.6 Å². The van der Waals surface area contributed by atoms with Crippen LogP contribution in [0.4, 0.5) is 0 Å². The number of benzene rings is 2. The summed E-state index contributed by atoms with van der Waals surface area (Å²) in [5, 5.41) is 49.0. The summed E-state index contributed by atoms with van der Waals surface area (Å²) in [5.41, 5.74) is -1.23. The highest BCUT2D eigenvalue weighted by molar-refractivity contribution is 5.85. The van der Waals surface area contributed by atoms with Gasteiger partial charge in [0.15, 0.2) is 0 Å². The summed E-state index contributed by atoms with van der Waals surface area (Å²) in [5.74, 6) is -4.20. The van der Waals surface area contributed by atoms with Gasteiger partial charge in [-0.2, -0.15) is 0 Å². The highest BCUT2D eigenvalue weighted by Gasteiger charge is 2.90. The molecule has 43 heavy (non-hydrogen) atoms. The third-order valence-electron chi connectivity index (χ3n) is 11.5. The molecule has 2 aromatic carbocycles. The molecule has 12 atom stereocenters. The molecule has 5 fully saturated rings. The zero-order valence-electron chi connectivity index (χ0n) is 23.5. The van der Waals surface area contributed by atoms with Crippen LogP contribution in [-0.4, -0.2) is 67.5 Å². The predicted molar refractivity (Wildman–Crippen MR) is 151 cm³/mol. The standard InChI is InChI=1S/C33H36N2O8/c36-22(34-20(30(38)39)11-16-7-3-1-4-8-16)14-32(42)26-18-13-19-25-24(18)28(32)29(25)33(43,27(19)26)15-23(37)35-21(31(40)41)12-17-9-5-2-6-10-17/h1-10,18-21,24-29,42-43H,11-15H2,(H,34,36)(H,35,37)(H,38,39)(H,40,41)/t18?,19?,20-,21-,24?,25?,26?,27?,28?,29?,32?,33?/m0/s1. The fourth-order valence-corrected chi connectivity index (χ4v) is 10.5. The molecular formula is C33H36N2O8. The zero-order valence-corrected chi connectivity index (χ0v) is 23.5. The Labute approximate surface area is 248 Å². The Bertz CT molecular complexity index is 1350. The average molecular weight is 589 g/mol. The van der Waals surface area contributed by atoms with E-state index in [2.05, 4.69) is 10.6 Å². The van der Waals surface area contributed by atoms with Gasteiger partial charge in [-0.15, -0.1) is 0 Å². The number of aliphatic hydroxyl groups is 2. The molecule has 5 aliphatic rings. The smallest absolute Gasteiger partial charge is 0.326 e. The summed E-state index contributed by atoms with van der Waals surface area (Å²) in [6.45, 7) is 0. The van der Waals surface area contributed by atoms with Gasteiger partial charge in [0.1, 0.15) is 12.1 Å². The molecule has 226 valence electrons. The molecule has 2 bridgehead atoms. The second-order valence-electron chi connectivity index (χ2n) is 13.5. The van der Waals surface area contributed by atoms with E-state index in [0.29, 0.717) is 0 Å². The van der Waals surface area contributed by atoms with E-state index in [4.69, 9.17) is 0 Å². The van der Waals surface area contributed by atoms with E-state index in [-0.39, 0.29) is 73.0 Å². The SMILES string of the molecule is O=C(CC1(O)C2C3CC4C5C3C1C5C(O)(CC(=O)N[C@@H](Cc1ccccc1)C(=O)O)C42)N[C@@H](Cc1ccccc1)C(=O)O. The van der Waals surface area contributed by atoms with Crippen molar-refractivity contribution in [2.45, 2.75) is 55.4 Å². The first-order chi connectivity index (χ1) is 20.5. The number of rotatable bonds is 12. The van der Waals surface area contributed by atoms with Crippen LogP contribution in [-0.2, 0) is 32.0 Å². The highest BCUT2D eigenvalue weighted by Crippen LogP contribution is 2.88. The summed E-state index contributed by atoms with van der Waals surface area (Å²) in [6, 6.07) is 15.7. The lowest BCUT2D eigenvalue weighted by Gasteiger charge is -2.57. The van der Waals surface area contributed by atoms with Gasteiger partial charge in [-0.05, 0) is 64.9 Å².